The fraction of sp³-hybridized carbons (Fsp3) is 0.500. The summed E-state index contributed by atoms with van der Waals surface area (Å²) in [4.78, 5) is 13.2. The molecule has 0 spiro atoms. The molecule has 0 aromatic heterocycles. The number of amides is 1. The molecule has 0 atom stereocenters. The number of halogens is 4. The van der Waals surface area contributed by atoms with E-state index in [4.69, 9.17) is 4.74 Å². The minimum atomic E-state index is -4.75. The normalized spacial score (nSPS) is 12.0. The van der Waals surface area contributed by atoms with Gasteiger partial charge in [0.2, 0.25) is 0 Å². The molecule has 0 radical (unpaired) electrons. The Hall–Kier alpha value is -1.19. The van der Waals surface area contributed by atoms with Crippen LogP contribution in [0.5, 0.6) is 5.75 Å². The van der Waals surface area contributed by atoms with Crippen LogP contribution in [0, 0.1) is 3.57 Å². The van der Waals surface area contributed by atoms with Gasteiger partial charge in [0.25, 0.3) is 0 Å². The highest BCUT2D eigenvalue weighted by molar-refractivity contribution is 14.1. The monoisotopic (exact) mass is 431 g/mol. The third-order valence-electron chi connectivity index (χ3n) is 2.36. The second-order valence-corrected chi connectivity index (χ2v) is 6.80. The van der Waals surface area contributed by atoms with Crippen LogP contribution in [0.1, 0.15) is 26.3 Å². The van der Waals surface area contributed by atoms with Crippen molar-refractivity contribution in [2.24, 2.45) is 0 Å². The van der Waals surface area contributed by atoms with Crippen LogP contribution in [-0.2, 0) is 11.3 Å². The van der Waals surface area contributed by atoms with Gasteiger partial charge < -0.3 is 14.4 Å². The lowest BCUT2D eigenvalue weighted by atomic mass is 10.2. The molecule has 4 nitrogen and oxygen atoms in total. The van der Waals surface area contributed by atoms with Crippen molar-refractivity contribution in [3.63, 3.8) is 0 Å². The molecule has 8 heteroatoms. The molecule has 0 heterocycles. The van der Waals surface area contributed by atoms with Crippen LogP contribution in [0.15, 0.2) is 18.2 Å². The van der Waals surface area contributed by atoms with Gasteiger partial charge >= 0.3 is 12.5 Å². The Morgan fingerprint density at radius 3 is 2.36 bits per heavy atom. The minimum absolute atomic E-state index is 0.113. The highest BCUT2D eigenvalue weighted by Gasteiger charge is 2.31. The van der Waals surface area contributed by atoms with E-state index in [1.54, 1.807) is 20.8 Å². The van der Waals surface area contributed by atoms with Crippen molar-refractivity contribution in [2.45, 2.75) is 39.3 Å². The molecule has 0 aliphatic heterocycles. The Morgan fingerprint density at radius 1 is 1.27 bits per heavy atom. The van der Waals surface area contributed by atoms with Gasteiger partial charge in [0.05, 0.1) is 0 Å². The molecule has 0 aliphatic carbocycles. The van der Waals surface area contributed by atoms with Crippen LogP contribution in [0.4, 0.5) is 18.0 Å². The van der Waals surface area contributed by atoms with Crippen LogP contribution < -0.4 is 4.74 Å². The van der Waals surface area contributed by atoms with Crippen LogP contribution in [-0.4, -0.2) is 30.0 Å². The van der Waals surface area contributed by atoms with E-state index < -0.39 is 18.1 Å². The molecule has 0 bridgehead atoms. The number of hydrogen-bond donors (Lipinski definition) is 0. The molecule has 0 saturated heterocycles. The quantitative estimate of drug-likeness (QED) is 0.660. The van der Waals surface area contributed by atoms with Crippen molar-refractivity contribution < 1.29 is 27.4 Å². The summed E-state index contributed by atoms with van der Waals surface area (Å²) < 4.78 is 46.5. The molecular weight excluding hydrogens is 414 g/mol. The second kappa shape index (κ2) is 6.93. The van der Waals surface area contributed by atoms with E-state index in [2.05, 4.69) is 4.74 Å². The van der Waals surface area contributed by atoms with Gasteiger partial charge in [-0.25, -0.2) is 4.79 Å². The lowest BCUT2D eigenvalue weighted by Gasteiger charge is -2.25. The van der Waals surface area contributed by atoms with Gasteiger partial charge in [-0.05, 0) is 67.1 Å². The first-order valence-electron chi connectivity index (χ1n) is 6.36. The predicted octanol–water partition coefficient (Wildman–Crippen LogP) is 4.56. The van der Waals surface area contributed by atoms with E-state index >= 15 is 0 Å². The van der Waals surface area contributed by atoms with Crippen molar-refractivity contribution in [1.82, 2.24) is 4.90 Å². The highest BCUT2D eigenvalue weighted by atomic mass is 127. The molecule has 1 aromatic rings. The second-order valence-electron chi connectivity index (χ2n) is 5.64. The maximum Gasteiger partial charge on any atom is 0.573 e. The standard InChI is InChI=1S/C14H17F3INO3/c1-13(2,3)22-12(20)19(4)8-9-7-10(5-6-11(9)18)21-14(15,16)17/h5-7H,8H2,1-4H3. The van der Waals surface area contributed by atoms with E-state index in [-0.39, 0.29) is 12.3 Å². The molecule has 124 valence electrons. The Kier molecular flexibility index (Phi) is 5.94. The topological polar surface area (TPSA) is 38.8 Å². The Morgan fingerprint density at radius 2 is 1.86 bits per heavy atom. The Labute approximate surface area is 140 Å². The predicted molar refractivity (Wildman–Crippen MR) is 83.5 cm³/mol. The number of alkyl halides is 3. The average Bonchev–Trinajstić information content (AvgIpc) is 2.29. The molecule has 1 amide bonds. The van der Waals surface area contributed by atoms with E-state index in [1.807, 2.05) is 22.6 Å². The summed E-state index contributed by atoms with van der Waals surface area (Å²) in [6.45, 7) is 5.32. The lowest BCUT2D eigenvalue weighted by Crippen LogP contribution is -2.34. The third-order valence-corrected chi connectivity index (χ3v) is 3.42. The van der Waals surface area contributed by atoms with Crippen molar-refractivity contribution in [3.8, 4) is 5.75 Å². The van der Waals surface area contributed by atoms with Gasteiger partial charge in [-0.15, -0.1) is 13.2 Å². The summed E-state index contributed by atoms with van der Waals surface area (Å²) in [6.07, 6.45) is -5.30. The highest BCUT2D eigenvalue weighted by Crippen LogP contribution is 2.26. The minimum Gasteiger partial charge on any atom is -0.444 e. The summed E-state index contributed by atoms with van der Waals surface area (Å²) in [5.41, 5.74) is -0.101. The molecule has 0 aliphatic rings. The fourth-order valence-corrected chi connectivity index (χ4v) is 2.04. The first-order chi connectivity index (χ1) is 9.87. The largest absolute Gasteiger partial charge is 0.573 e. The lowest BCUT2D eigenvalue weighted by molar-refractivity contribution is -0.274. The van der Waals surface area contributed by atoms with Gasteiger partial charge in [0.15, 0.2) is 0 Å². The summed E-state index contributed by atoms with van der Waals surface area (Å²) >= 11 is 1.98. The maximum atomic E-state index is 12.2. The van der Waals surface area contributed by atoms with Crippen LogP contribution >= 0.6 is 22.6 Å². The number of benzene rings is 1. The number of carbonyl (C=O) groups is 1. The van der Waals surface area contributed by atoms with Gasteiger partial charge in [0, 0.05) is 17.2 Å². The molecule has 1 aromatic carbocycles. The number of hydrogen-bond acceptors (Lipinski definition) is 3. The zero-order chi connectivity index (χ0) is 17.1. The molecule has 1 rings (SSSR count). The summed E-state index contributed by atoms with van der Waals surface area (Å²) in [6, 6.07) is 3.99. The van der Waals surface area contributed by atoms with Gasteiger partial charge in [-0.3, -0.25) is 0 Å². The van der Waals surface area contributed by atoms with Crippen LogP contribution in [0.2, 0.25) is 0 Å². The smallest absolute Gasteiger partial charge is 0.444 e. The number of carbonyl (C=O) groups excluding carboxylic acids is 1. The Balaban J connectivity index is 2.84. The van der Waals surface area contributed by atoms with E-state index in [0.29, 0.717) is 5.56 Å². The molecule has 0 unspecified atom stereocenters. The number of nitrogens with zero attached hydrogens (tertiary/aromatic N) is 1. The summed E-state index contributed by atoms with van der Waals surface area (Å²) in [5, 5.41) is 0. The van der Waals surface area contributed by atoms with E-state index in [9.17, 15) is 18.0 Å². The van der Waals surface area contributed by atoms with E-state index in [0.717, 1.165) is 3.57 Å². The molecule has 22 heavy (non-hydrogen) atoms. The van der Waals surface area contributed by atoms with Crippen molar-refractivity contribution >= 4 is 28.7 Å². The zero-order valence-corrected chi connectivity index (χ0v) is 14.8. The van der Waals surface area contributed by atoms with Crippen molar-refractivity contribution in [2.75, 3.05) is 7.05 Å². The van der Waals surface area contributed by atoms with Crippen LogP contribution in [0.3, 0.4) is 0 Å². The molecule has 0 N–H and O–H groups in total. The molecule has 0 saturated carbocycles. The van der Waals surface area contributed by atoms with E-state index in [1.165, 1.54) is 30.1 Å². The summed E-state index contributed by atoms with van der Waals surface area (Å²) in [7, 11) is 1.52. The first kappa shape index (κ1) is 18.9. The third kappa shape index (κ3) is 6.71. The number of ether oxygens (including phenoxy) is 2. The van der Waals surface area contributed by atoms with Gasteiger partial charge in [-0.2, -0.15) is 0 Å². The van der Waals surface area contributed by atoms with Crippen LogP contribution in [0.25, 0.3) is 0 Å². The zero-order valence-electron chi connectivity index (χ0n) is 12.6. The molecule has 0 fully saturated rings. The van der Waals surface area contributed by atoms with Gasteiger partial charge in [-0.1, -0.05) is 0 Å². The Bertz CT molecular complexity index is 541. The van der Waals surface area contributed by atoms with Crippen molar-refractivity contribution in [3.05, 3.63) is 27.3 Å². The maximum absolute atomic E-state index is 12.2. The summed E-state index contributed by atoms with van der Waals surface area (Å²) in [5.74, 6) is -0.319. The average molecular weight is 431 g/mol. The number of rotatable bonds is 3. The fourth-order valence-electron chi connectivity index (χ4n) is 1.53. The molecular formula is C14H17F3INO3. The first-order valence-corrected chi connectivity index (χ1v) is 7.43. The SMILES string of the molecule is CN(Cc1cc(OC(F)(F)F)ccc1I)C(=O)OC(C)(C)C. The van der Waals surface area contributed by atoms with Crippen molar-refractivity contribution in [1.29, 1.82) is 0 Å². The van der Waals surface area contributed by atoms with Gasteiger partial charge in [0.1, 0.15) is 11.4 Å².